The smallest absolute Gasteiger partial charge is 0.252 e. The van der Waals surface area contributed by atoms with Gasteiger partial charge in [0.2, 0.25) is 0 Å². The van der Waals surface area contributed by atoms with E-state index in [4.69, 9.17) is 4.74 Å². The van der Waals surface area contributed by atoms with E-state index in [0.29, 0.717) is 0 Å². The maximum Gasteiger partial charge on any atom is 0.252 e. The summed E-state index contributed by atoms with van der Waals surface area (Å²) in [5.74, 6) is 0.113. The first-order valence-electron chi connectivity index (χ1n) is 5.72. The second-order valence-electron chi connectivity index (χ2n) is 4.87. The number of carbonyl (C=O) groups excluding carboxylic acids is 1. The average molecular weight is 208 g/mol. The maximum atomic E-state index is 11.8. The molecule has 0 aromatic rings. The zero-order valence-electron chi connectivity index (χ0n) is 9.01. The number of hydrazone groups is 1. The molecule has 3 aliphatic carbocycles. The molecule has 4 nitrogen and oxygen atoms in total. The van der Waals surface area contributed by atoms with E-state index in [0.717, 1.165) is 44.4 Å². The molecule has 1 aliphatic heterocycles. The van der Waals surface area contributed by atoms with E-state index in [1.54, 1.807) is 0 Å². The summed E-state index contributed by atoms with van der Waals surface area (Å²) in [5, 5.41) is 4.18. The van der Waals surface area contributed by atoms with Gasteiger partial charge < -0.3 is 4.74 Å². The van der Waals surface area contributed by atoms with E-state index in [2.05, 4.69) is 10.5 Å². The lowest BCUT2D eigenvalue weighted by Gasteiger charge is -2.50. The molecule has 4 aliphatic rings. The molecule has 4 heteroatoms. The van der Waals surface area contributed by atoms with Crippen LogP contribution in [-0.2, 0) is 9.53 Å². The Morgan fingerprint density at radius 3 is 2.80 bits per heavy atom. The number of fused-ring (bicyclic) bond motifs is 2. The van der Waals surface area contributed by atoms with Crippen LogP contribution in [0.15, 0.2) is 5.10 Å². The Labute approximate surface area is 89.1 Å². The number of hydrogen-bond donors (Lipinski definition) is 1. The van der Waals surface area contributed by atoms with Crippen molar-refractivity contribution in [1.29, 1.82) is 0 Å². The van der Waals surface area contributed by atoms with Gasteiger partial charge >= 0.3 is 0 Å². The topological polar surface area (TPSA) is 50.7 Å². The molecule has 1 N–H and O–H groups in total. The molecule has 0 unspecified atom stereocenters. The van der Waals surface area contributed by atoms with Gasteiger partial charge in [0.15, 0.2) is 0 Å². The normalized spacial score (nSPS) is 42.5. The van der Waals surface area contributed by atoms with E-state index in [1.807, 2.05) is 6.92 Å². The lowest BCUT2D eigenvalue weighted by atomic mass is 9.57. The highest BCUT2D eigenvalue weighted by molar-refractivity contribution is 6.13. The molecule has 0 radical (unpaired) electrons. The Morgan fingerprint density at radius 2 is 2.13 bits per heavy atom. The van der Waals surface area contributed by atoms with Crippen LogP contribution < -0.4 is 5.43 Å². The highest BCUT2D eigenvalue weighted by Crippen LogP contribution is 2.53. The molecule has 1 amide bonds. The maximum absolute atomic E-state index is 11.8. The minimum atomic E-state index is -0.251. The summed E-state index contributed by atoms with van der Waals surface area (Å²) < 4.78 is 5.88. The van der Waals surface area contributed by atoms with Crippen molar-refractivity contribution in [3.63, 3.8) is 0 Å². The van der Waals surface area contributed by atoms with Crippen LogP contribution in [0, 0.1) is 5.41 Å². The molecule has 0 aromatic carbocycles. The first kappa shape index (κ1) is 9.33. The van der Waals surface area contributed by atoms with Crippen LogP contribution in [0.4, 0.5) is 0 Å². The summed E-state index contributed by atoms with van der Waals surface area (Å²) in [6, 6.07) is 0. The van der Waals surface area contributed by atoms with Crippen LogP contribution >= 0.6 is 0 Å². The van der Waals surface area contributed by atoms with E-state index >= 15 is 0 Å². The molecule has 82 valence electrons. The molecule has 0 saturated heterocycles. The van der Waals surface area contributed by atoms with Crippen LogP contribution in [-0.4, -0.2) is 23.8 Å². The number of ether oxygens (including phenoxy) is 1. The Kier molecular flexibility index (Phi) is 1.75. The van der Waals surface area contributed by atoms with Gasteiger partial charge in [0.25, 0.3) is 5.91 Å². The van der Waals surface area contributed by atoms with Crippen molar-refractivity contribution in [2.75, 3.05) is 6.61 Å². The number of nitrogens with one attached hydrogen (secondary N) is 1. The molecular weight excluding hydrogens is 192 g/mol. The van der Waals surface area contributed by atoms with Crippen molar-refractivity contribution in [3.8, 4) is 0 Å². The fourth-order valence-corrected chi connectivity index (χ4v) is 3.30. The molecule has 0 atom stereocenters. The van der Waals surface area contributed by atoms with Crippen LogP contribution in [0.5, 0.6) is 0 Å². The van der Waals surface area contributed by atoms with Gasteiger partial charge in [0, 0.05) is 13.0 Å². The standard InChI is InChI=1S/C11H16N2O2/c1-2-15-10-3-5-11(6-4-10)8(7-10)12-13-9(11)14/h2-7H2,1H3,(H,13,14). The average Bonchev–Trinajstić information content (AvgIpc) is 2.57. The molecule has 4 rings (SSSR count). The first-order chi connectivity index (χ1) is 7.21. The zero-order valence-corrected chi connectivity index (χ0v) is 9.01. The Morgan fingerprint density at radius 1 is 1.40 bits per heavy atom. The van der Waals surface area contributed by atoms with Crippen LogP contribution in [0.2, 0.25) is 0 Å². The molecular formula is C11H16N2O2. The summed E-state index contributed by atoms with van der Waals surface area (Å²) in [7, 11) is 0. The van der Waals surface area contributed by atoms with Gasteiger partial charge in [-0.1, -0.05) is 0 Å². The number of hydrogen-bond acceptors (Lipinski definition) is 3. The van der Waals surface area contributed by atoms with Crippen molar-refractivity contribution in [2.45, 2.75) is 44.6 Å². The summed E-state index contributed by atoms with van der Waals surface area (Å²) >= 11 is 0. The Balaban J connectivity index is 1.93. The molecule has 0 aromatic heterocycles. The third kappa shape index (κ3) is 1.06. The fraction of sp³-hybridized carbons (Fsp3) is 0.818. The SMILES string of the molecule is CCOC12CCC3(CC1)C(=O)NN=C3C2. The van der Waals surface area contributed by atoms with Crippen molar-refractivity contribution < 1.29 is 9.53 Å². The predicted molar refractivity (Wildman–Crippen MR) is 55.5 cm³/mol. The largest absolute Gasteiger partial charge is 0.375 e. The minimum absolute atomic E-state index is 0.0123. The molecule has 1 heterocycles. The molecule has 3 fully saturated rings. The molecule has 2 bridgehead atoms. The van der Waals surface area contributed by atoms with Crippen LogP contribution in [0.1, 0.15) is 39.0 Å². The van der Waals surface area contributed by atoms with Gasteiger partial charge in [-0.15, -0.1) is 0 Å². The van der Waals surface area contributed by atoms with Gasteiger partial charge in [-0.3, -0.25) is 4.79 Å². The van der Waals surface area contributed by atoms with Gasteiger partial charge in [0.05, 0.1) is 16.7 Å². The second kappa shape index (κ2) is 2.82. The Bertz CT molecular complexity index is 340. The monoisotopic (exact) mass is 208 g/mol. The summed E-state index contributed by atoms with van der Waals surface area (Å²) in [4.78, 5) is 11.8. The molecule has 15 heavy (non-hydrogen) atoms. The third-order valence-corrected chi connectivity index (χ3v) is 4.23. The van der Waals surface area contributed by atoms with E-state index in [1.165, 1.54) is 0 Å². The highest BCUT2D eigenvalue weighted by Gasteiger charge is 2.59. The van der Waals surface area contributed by atoms with Crippen molar-refractivity contribution in [2.24, 2.45) is 10.5 Å². The van der Waals surface area contributed by atoms with E-state index in [9.17, 15) is 4.79 Å². The van der Waals surface area contributed by atoms with Gasteiger partial charge in [-0.25, -0.2) is 5.43 Å². The second-order valence-corrected chi connectivity index (χ2v) is 4.87. The predicted octanol–water partition coefficient (Wildman–Crippen LogP) is 1.21. The lowest BCUT2D eigenvalue weighted by molar-refractivity contribution is -0.135. The number of rotatable bonds is 2. The highest BCUT2D eigenvalue weighted by atomic mass is 16.5. The lowest BCUT2D eigenvalue weighted by Crippen LogP contribution is -2.55. The zero-order chi connectivity index (χ0) is 10.5. The number of amides is 1. The quantitative estimate of drug-likeness (QED) is 0.741. The van der Waals surface area contributed by atoms with Gasteiger partial charge in [-0.05, 0) is 32.6 Å². The van der Waals surface area contributed by atoms with Crippen molar-refractivity contribution in [1.82, 2.24) is 5.43 Å². The van der Waals surface area contributed by atoms with Crippen LogP contribution in [0.3, 0.4) is 0 Å². The third-order valence-electron chi connectivity index (χ3n) is 4.23. The summed E-state index contributed by atoms with van der Waals surface area (Å²) in [5.41, 5.74) is 3.41. The number of nitrogens with zero attached hydrogens (tertiary/aromatic N) is 1. The van der Waals surface area contributed by atoms with Gasteiger partial charge in [0.1, 0.15) is 0 Å². The fourth-order valence-electron chi connectivity index (χ4n) is 3.30. The van der Waals surface area contributed by atoms with Crippen LogP contribution in [0.25, 0.3) is 0 Å². The summed E-state index contributed by atoms with van der Waals surface area (Å²) in [6.45, 7) is 2.78. The van der Waals surface area contributed by atoms with Gasteiger partial charge in [-0.2, -0.15) is 5.10 Å². The molecule has 3 saturated carbocycles. The molecule has 1 spiro atoms. The Hall–Kier alpha value is -0.900. The number of carbonyl (C=O) groups is 1. The van der Waals surface area contributed by atoms with Crippen molar-refractivity contribution >= 4 is 11.6 Å². The van der Waals surface area contributed by atoms with Crippen molar-refractivity contribution in [3.05, 3.63) is 0 Å². The van der Waals surface area contributed by atoms with E-state index < -0.39 is 0 Å². The van der Waals surface area contributed by atoms with E-state index in [-0.39, 0.29) is 16.9 Å². The first-order valence-corrected chi connectivity index (χ1v) is 5.72. The summed E-state index contributed by atoms with van der Waals surface area (Å²) in [6.07, 6.45) is 4.69. The minimum Gasteiger partial charge on any atom is -0.375 e.